The Labute approximate surface area is 111 Å². The zero-order chi connectivity index (χ0) is 13.0. The van der Waals surface area contributed by atoms with Gasteiger partial charge in [-0.2, -0.15) is 0 Å². The molecule has 18 heavy (non-hydrogen) atoms. The second-order valence-corrected chi connectivity index (χ2v) is 4.87. The van der Waals surface area contributed by atoms with Gasteiger partial charge in [0.25, 0.3) is 0 Å². The van der Waals surface area contributed by atoms with E-state index in [4.69, 9.17) is 0 Å². The molecule has 1 N–H and O–H groups in total. The average molecular weight is 263 g/mol. The highest BCUT2D eigenvalue weighted by Gasteiger charge is 2.18. The monoisotopic (exact) mass is 263 g/mol. The second-order valence-electron chi connectivity index (χ2n) is 4.03. The molecule has 0 aliphatic carbocycles. The summed E-state index contributed by atoms with van der Waals surface area (Å²) < 4.78 is 1.77. The fraction of sp³-hybridized carbons (Fsp3) is 0.385. The molecule has 96 valence electrons. The largest absolute Gasteiger partial charge is 0.382 e. The van der Waals surface area contributed by atoms with Crippen LogP contribution in [0.5, 0.6) is 0 Å². The summed E-state index contributed by atoms with van der Waals surface area (Å²) in [5.41, 5.74) is 1.66. The number of aliphatic hydroxyl groups excluding tert-OH is 1. The maximum Gasteiger partial charge on any atom is 0.123 e. The fourth-order valence-electron chi connectivity index (χ4n) is 1.91. The van der Waals surface area contributed by atoms with Crippen molar-refractivity contribution in [2.24, 2.45) is 0 Å². The molecule has 0 aliphatic rings. The summed E-state index contributed by atoms with van der Waals surface area (Å²) in [6.45, 7) is 2.85. The minimum Gasteiger partial charge on any atom is -0.382 e. The van der Waals surface area contributed by atoms with E-state index in [1.165, 1.54) is 0 Å². The molecule has 5 heteroatoms. The molecule has 0 bridgehead atoms. The van der Waals surface area contributed by atoms with Gasteiger partial charge < -0.3 is 5.11 Å². The van der Waals surface area contributed by atoms with E-state index in [0.717, 1.165) is 29.1 Å². The quantitative estimate of drug-likeness (QED) is 0.842. The lowest BCUT2D eigenvalue weighted by Gasteiger charge is -2.15. The number of rotatable bonds is 5. The number of hydrogen-bond acceptors (Lipinski definition) is 4. The first-order valence-corrected chi connectivity index (χ1v) is 7.19. The first-order chi connectivity index (χ1) is 8.77. The molecule has 0 saturated carbocycles. The van der Waals surface area contributed by atoms with Gasteiger partial charge >= 0.3 is 0 Å². The van der Waals surface area contributed by atoms with Gasteiger partial charge in [-0.25, -0.2) is 4.68 Å². The molecular formula is C13H17N3OS. The van der Waals surface area contributed by atoms with E-state index in [0.29, 0.717) is 0 Å². The molecule has 0 saturated heterocycles. The Bertz CT molecular complexity index is 512. The van der Waals surface area contributed by atoms with Crippen LogP contribution in [0.1, 0.15) is 30.7 Å². The van der Waals surface area contributed by atoms with Crippen LogP contribution in [0.3, 0.4) is 0 Å². The summed E-state index contributed by atoms with van der Waals surface area (Å²) in [4.78, 5) is 1.08. The van der Waals surface area contributed by atoms with Gasteiger partial charge in [0.15, 0.2) is 0 Å². The molecule has 0 aliphatic heterocycles. The number of aromatic nitrogens is 3. The average Bonchev–Trinajstić information content (AvgIpc) is 2.86. The standard InChI is InChI=1S/C13H17N3OS/c1-3-8-16-11(9-14-15-16)13(17)10-6-4-5-7-12(10)18-2/h4-7,9,13,17H,3,8H2,1-2H3. The second kappa shape index (κ2) is 6.02. The Balaban J connectivity index is 2.35. The Morgan fingerprint density at radius 2 is 2.17 bits per heavy atom. The van der Waals surface area contributed by atoms with Crippen molar-refractivity contribution < 1.29 is 5.11 Å². The molecule has 0 spiro atoms. The van der Waals surface area contributed by atoms with Crippen molar-refractivity contribution in [2.75, 3.05) is 6.26 Å². The topological polar surface area (TPSA) is 50.9 Å². The predicted molar refractivity (Wildman–Crippen MR) is 72.6 cm³/mol. The molecule has 1 heterocycles. The van der Waals surface area contributed by atoms with Gasteiger partial charge in [-0.05, 0) is 18.7 Å². The van der Waals surface area contributed by atoms with Gasteiger partial charge in [-0.3, -0.25) is 0 Å². The van der Waals surface area contributed by atoms with E-state index in [1.807, 2.05) is 30.5 Å². The summed E-state index contributed by atoms with van der Waals surface area (Å²) in [5.74, 6) is 0. The lowest BCUT2D eigenvalue weighted by atomic mass is 10.1. The third-order valence-corrected chi connectivity index (χ3v) is 3.61. The van der Waals surface area contributed by atoms with E-state index in [9.17, 15) is 5.11 Å². The Kier molecular flexibility index (Phi) is 4.38. The summed E-state index contributed by atoms with van der Waals surface area (Å²) in [7, 11) is 0. The highest BCUT2D eigenvalue weighted by molar-refractivity contribution is 7.98. The van der Waals surface area contributed by atoms with Gasteiger partial charge in [0.05, 0.1) is 11.9 Å². The van der Waals surface area contributed by atoms with Crippen molar-refractivity contribution in [3.63, 3.8) is 0 Å². The van der Waals surface area contributed by atoms with Crippen molar-refractivity contribution in [3.8, 4) is 0 Å². The minimum atomic E-state index is -0.671. The number of aliphatic hydroxyl groups is 1. The Morgan fingerprint density at radius 3 is 2.89 bits per heavy atom. The lowest BCUT2D eigenvalue weighted by molar-refractivity contribution is 0.204. The molecule has 2 rings (SSSR count). The van der Waals surface area contributed by atoms with Crippen LogP contribution < -0.4 is 0 Å². The first kappa shape index (κ1) is 13.1. The van der Waals surface area contributed by atoms with Gasteiger partial charge in [-0.15, -0.1) is 16.9 Å². The normalized spacial score (nSPS) is 12.6. The number of thioether (sulfide) groups is 1. The van der Waals surface area contributed by atoms with Crippen LogP contribution in [0, 0.1) is 0 Å². The molecule has 1 aromatic carbocycles. The third-order valence-electron chi connectivity index (χ3n) is 2.80. The number of benzene rings is 1. The molecule has 0 fully saturated rings. The zero-order valence-corrected chi connectivity index (χ0v) is 11.4. The van der Waals surface area contributed by atoms with E-state index in [-0.39, 0.29) is 0 Å². The molecule has 0 radical (unpaired) electrons. The van der Waals surface area contributed by atoms with Crippen LogP contribution in [0.15, 0.2) is 35.4 Å². The van der Waals surface area contributed by atoms with Crippen LogP contribution in [-0.4, -0.2) is 26.4 Å². The van der Waals surface area contributed by atoms with Gasteiger partial charge in [0, 0.05) is 17.0 Å². The van der Waals surface area contributed by atoms with E-state index in [1.54, 1.807) is 22.6 Å². The van der Waals surface area contributed by atoms with Gasteiger partial charge in [0.2, 0.25) is 0 Å². The van der Waals surface area contributed by atoms with Crippen molar-refractivity contribution in [1.29, 1.82) is 0 Å². The van der Waals surface area contributed by atoms with Crippen molar-refractivity contribution in [1.82, 2.24) is 15.0 Å². The lowest BCUT2D eigenvalue weighted by Crippen LogP contribution is -2.10. The summed E-state index contributed by atoms with van der Waals surface area (Å²) in [6.07, 6.45) is 3.94. The van der Waals surface area contributed by atoms with Gasteiger partial charge in [-0.1, -0.05) is 30.3 Å². The summed E-state index contributed by atoms with van der Waals surface area (Å²) in [6, 6.07) is 7.87. The number of aryl methyl sites for hydroxylation is 1. The maximum absolute atomic E-state index is 10.5. The van der Waals surface area contributed by atoms with E-state index < -0.39 is 6.10 Å². The SMILES string of the molecule is CCCn1nncc1C(O)c1ccccc1SC. The Morgan fingerprint density at radius 1 is 1.39 bits per heavy atom. The Hall–Kier alpha value is -1.33. The number of nitrogens with zero attached hydrogens (tertiary/aromatic N) is 3. The number of hydrogen-bond donors (Lipinski definition) is 1. The molecule has 1 atom stereocenters. The fourth-order valence-corrected chi connectivity index (χ4v) is 2.54. The molecule has 4 nitrogen and oxygen atoms in total. The predicted octanol–water partition coefficient (Wildman–Crippen LogP) is 2.49. The van der Waals surface area contributed by atoms with Crippen LogP contribution in [-0.2, 0) is 6.54 Å². The molecule has 1 aromatic heterocycles. The van der Waals surface area contributed by atoms with E-state index in [2.05, 4.69) is 17.2 Å². The molecular weight excluding hydrogens is 246 g/mol. The third kappa shape index (κ3) is 2.57. The highest BCUT2D eigenvalue weighted by Crippen LogP contribution is 2.29. The first-order valence-electron chi connectivity index (χ1n) is 5.97. The van der Waals surface area contributed by atoms with Crippen molar-refractivity contribution in [2.45, 2.75) is 30.9 Å². The van der Waals surface area contributed by atoms with Crippen LogP contribution in [0.25, 0.3) is 0 Å². The van der Waals surface area contributed by atoms with Crippen LogP contribution in [0.2, 0.25) is 0 Å². The summed E-state index contributed by atoms with van der Waals surface area (Å²) >= 11 is 1.63. The van der Waals surface area contributed by atoms with E-state index >= 15 is 0 Å². The molecule has 2 aromatic rings. The minimum absolute atomic E-state index is 0.671. The van der Waals surface area contributed by atoms with Crippen molar-refractivity contribution in [3.05, 3.63) is 41.7 Å². The molecule has 0 amide bonds. The maximum atomic E-state index is 10.5. The van der Waals surface area contributed by atoms with Crippen molar-refractivity contribution >= 4 is 11.8 Å². The van der Waals surface area contributed by atoms with Crippen LogP contribution >= 0.6 is 11.8 Å². The smallest absolute Gasteiger partial charge is 0.123 e. The molecule has 1 unspecified atom stereocenters. The van der Waals surface area contributed by atoms with Crippen LogP contribution in [0.4, 0.5) is 0 Å². The highest BCUT2D eigenvalue weighted by atomic mass is 32.2. The van der Waals surface area contributed by atoms with Gasteiger partial charge in [0.1, 0.15) is 6.10 Å². The summed E-state index contributed by atoms with van der Waals surface area (Å²) in [5, 5.41) is 18.4. The zero-order valence-electron chi connectivity index (χ0n) is 10.6.